The van der Waals surface area contributed by atoms with Crippen molar-refractivity contribution in [2.75, 3.05) is 6.54 Å². The fraction of sp³-hybridized carbons (Fsp3) is 0.879. The Labute approximate surface area is 276 Å². The van der Waals surface area contributed by atoms with Crippen LogP contribution in [0.4, 0.5) is 0 Å². The summed E-state index contributed by atoms with van der Waals surface area (Å²) in [4.78, 5) is 55.4. The number of hydrogen-bond donors (Lipinski definition) is 5. The maximum absolute atomic E-state index is 14.5. The zero-order chi connectivity index (χ0) is 33.5. The van der Waals surface area contributed by atoms with Gasteiger partial charge in [-0.25, -0.2) is 0 Å². The molecule has 0 aromatic carbocycles. The lowest BCUT2D eigenvalue weighted by Crippen LogP contribution is -2.67. The van der Waals surface area contributed by atoms with E-state index in [1.807, 2.05) is 13.8 Å². The van der Waals surface area contributed by atoms with E-state index in [4.69, 9.17) is 0 Å². The van der Waals surface area contributed by atoms with Crippen molar-refractivity contribution in [3.05, 3.63) is 0 Å². The summed E-state index contributed by atoms with van der Waals surface area (Å²) in [5.74, 6) is -2.06. The quantitative estimate of drug-likeness (QED) is 0.0938. The highest BCUT2D eigenvalue weighted by Crippen LogP contribution is 2.41. The molecule has 12 nitrogen and oxygen atoms in total. The fourth-order valence-electron chi connectivity index (χ4n) is 7.78. The largest absolute Gasteiger partial charge is 0.772 e. The molecule has 13 heteroatoms. The Morgan fingerprint density at radius 3 is 2.20 bits per heavy atom. The lowest BCUT2D eigenvalue weighted by molar-refractivity contribution is -0.146. The zero-order valence-corrected chi connectivity index (χ0v) is 28.8. The number of likely N-dealkylation sites (tertiary alicyclic amines) is 1. The normalized spacial score (nSPS) is 25.9. The SMILES string of the molecule is CCCCC(NC(=O)C1CCCN1C(=O)C(NC(O)NC1(C(C)S(=O)[O-])CCCCC1)C1(C)CCCCC1)C(=O)C(=O)NC1CC1. The van der Waals surface area contributed by atoms with Crippen LogP contribution >= 0.6 is 0 Å². The van der Waals surface area contributed by atoms with Gasteiger partial charge in [-0.05, 0) is 63.2 Å². The van der Waals surface area contributed by atoms with Crippen LogP contribution in [0.15, 0.2) is 0 Å². The molecule has 3 aliphatic carbocycles. The predicted molar refractivity (Wildman–Crippen MR) is 174 cm³/mol. The zero-order valence-electron chi connectivity index (χ0n) is 27.9. The first kappa shape index (κ1) is 36.9. The molecule has 262 valence electrons. The van der Waals surface area contributed by atoms with E-state index in [1.54, 1.807) is 11.8 Å². The summed E-state index contributed by atoms with van der Waals surface area (Å²) in [6.45, 7) is 6.04. The molecule has 0 spiro atoms. The molecule has 1 saturated heterocycles. The van der Waals surface area contributed by atoms with Crippen molar-refractivity contribution < 1.29 is 33.0 Å². The monoisotopic (exact) mass is 666 g/mol. The molecule has 0 aromatic rings. The van der Waals surface area contributed by atoms with E-state index in [2.05, 4.69) is 21.3 Å². The van der Waals surface area contributed by atoms with E-state index in [-0.39, 0.29) is 11.9 Å². The highest BCUT2D eigenvalue weighted by Gasteiger charge is 2.47. The molecule has 0 aromatic heterocycles. The first-order valence-electron chi connectivity index (χ1n) is 17.7. The second-order valence-electron chi connectivity index (χ2n) is 14.5. The van der Waals surface area contributed by atoms with Gasteiger partial charge in [0.05, 0.1) is 12.1 Å². The Kier molecular flexibility index (Phi) is 13.2. The number of rotatable bonds is 16. The molecular formula is C33H56N5O7S-. The molecule has 46 heavy (non-hydrogen) atoms. The van der Waals surface area contributed by atoms with Crippen LogP contribution in [0.25, 0.3) is 0 Å². The average molecular weight is 667 g/mol. The minimum absolute atomic E-state index is 0.0241. The van der Waals surface area contributed by atoms with Crippen LogP contribution in [-0.2, 0) is 30.3 Å². The molecule has 1 aliphatic heterocycles. The Balaban J connectivity index is 1.51. The van der Waals surface area contributed by atoms with Gasteiger partial charge in [-0.3, -0.25) is 34.0 Å². The minimum Gasteiger partial charge on any atom is -0.772 e. The smallest absolute Gasteiger partial charge is 0.289 e. The molecule has 0 radical (unpaired) electrons. The van der Waals surface area contributed by atoms with Gasteiger partial charge in [0.1, 0.15) is 6.04 Å². The molecule has 4 fully saturated rings. The summed E-state index contributed by atoms with van der Waals surface area (Å²) in [5.41, 5.74) is -1.31. The molecule has 4 aliphatic rings. The van der Waals surface area contributed by atoms with Gasteiger partial charge in [0.15, 0.2) is 6.35 Å². The number of amides is 3. The predicted octanol–water partition coefficient (Wildman–Crippen LogP) is 2.26. The molecule has 0 bridgehead atoms. The standard InChI is InChI=1S/C33H57N5O7S/c1-4-5-13-24(26(39)29(41)34-23-15-16-23)35-28(40)25-14-12-21-38(25)30(42)27(32(3)17-8-6-9-18-32)36-31(43)37-33(22(2)46(44)45)19-10-7-11-20-33/h22-25,27,31,36-37,43H,4-21H2,1-3H3,(H,34,41)(H,35,40)(H,44,45)/p-1. The van der Waals surface area contributed by atoms with Crippen molar-refractivity contribution in [3.8, 4) is 0 Å². The summed E-state index contributed by atoms with van der Waals surface area (Å²) in [7, 11) is 0. The van der Waals surface area contributed by atoms with Crippen LogP contribution in [0.3, 0.4) is 0 Å². The number of Topliss-reactive ketones (excluding diaryl/α,β-unsaturated/α-hetero) is 1. The number of aliphatic hydroxyl groups is 1. The number of nitrogens with one attached hydrogen (secondary N) is 4. The number of carbonyl (C=O) groups is 4. The van der Waals surface area contributed by atoms with Gasteiger partial charge in [-0.15, -0.1) is 0 Å². The van der Waals surface area contributed by atoms with E-state index in [0.29, 0.717) is 45.1 Å². The van der Waals surface area contributed by atoms with Crippen LogP contribution < -0.4 is 21.3 Å². The molecule has 6 atom stereocenters. The Morgan fingerprint density at radius 1 is 0.978 bits per heavy atom. The van der Waals surface area contributed by atoms with Crippen LogP contribution in [0, 0.1) is 5.41 Å². The van der Waals surface area contributed by atoms with Crippen molar-refractivity contribution in [2.24, 2.45) is 5.41 Å². The molecule has 3 amide bonds. The molecule has 4 rings (SSSR count). The van der Waals surface area contributed by atoms with Gasteiger partial charge < -0.3 is 25.2 Å². The summed E-state index contributed by atoms with van der Waals surface area (Å²) < 4.78 is 24.1. The van der Waals surface area contributed by atoms with Crippen LogP contribution in [0.1, 0.15) is 130 Å². The maximum Gasteiger partial charge on any atom is 0.289 e. The lowest BCUT2D eigenvalue weighted by Gasteiger charge is -2.47. The molecule has 5 N–H and O–H groups in total. The first-order valence-corrected chi connectivity index (χ1v) is 18.8. The van der Waals surface area contributed by atoms with E-state index >= 15 is 0 Å². The second kappa shape index (κ2) is 16.5. The number of carbonyl (C=O) groups excluding carboxylic acids is 4. The maximum atomic E-state index is 14.5. The summed E-state index contributed by atoms with van der Waals surface area (Å²) in [5, 5.41) is 22.6. The molecule has 6 unspecified atom stereocenters. The molecule has 3 saturated carbocycles. The van der Waals surface area contributed by atoms with Crippen LogP contribution in [-0.4, -0.2) is 90.1 Å². The topological polar surface area (TPSA) is 180 Å². The summed E-state index contributed by atoms with van der Waals surface area (Å²) in [6.07, 6.45) is 11.6. The van der Waals surface area contributed by atoms with Crippen LogP contribution in [0.5, 0.6) is 0 Å². The number of hydrogen-bond acceptors (Lipinski definition) is 9. The third-order valence-corrected chi connectivity index (χ3v) is 12.0. The molecule has 1 heterocycles. The summed E-state index contributed by atoms with van der Waals surface area (Å²) in [6, 6.07) is -2.56. The minimum atomic E-state index is -2.34. The van der Waals surface area contributed by atoms with Crippen molar-refractivity contribution in [2.45, 2.75) is 171 Å². The average Bonchev–Trinajstić information content (AvgIpc) is 3.71. The van der Waals surface area contributed by atoms with E-state index in [9.17, 15) is 33.0 Å². The Bertz CT molecular complexity index is 1110. The summed E-state index contributed by atoms with van der Waals surface area (Å²) >= 11 is -2.34. The van der Waals surface area contributed by atoms with Gasteiger partial charge in [0.25, 0.3) is 5.91 Å². The van der Waals surface area contributed by atoms with Crippen molar-refractivity contribution in [3.63, 3.8) is 0 Å². The van der Waals surface area contributed by atoms with Crippen molar-refractivity contribution in [1.82, 2.24) is 26.2 Å². The van der Waals surface area contributed by atoms with Gasteiger partial charge in [0, 0.05) is 23.4 Å². The number of aliphatic hydroxyl groups excluding tert-OH is 1. The van der Waals surface area contributed by atoms with Gasteiger partial charge in [0.2, 0.25) is 17.6 Å². The van der Waals surface area contributed by atoms with Crippen LogP contribution in [0.2, 0.25) is 0 Å². The van der Waals surface area contributed by atoms with E-state index < -0.39 is 69.4 Å². The molecular weight excluding hydrogens is 610 g/mol. The fourth-order valence-corrected chi connectivity index (χ4v) is 8.45. The number of nitrogens with zero attached hydrogens (tertiary/aromatic N) is 1. The first-order chi connectivity index (χ1) is 21.9. The third-order valence-electron chi connectivity index (χ3n) is 11.0. The number of unbranched alkanes of at least 4 members (excludes halogenated alkanes) is 1. The van der Waals surface area contributed by atoms with Crippen molar-refractivity contribution in [1.29, 1.82) is 0 Å². The number of ketones is 1. The lowest BCUT2D eigenvalue weighted by atomic mass is 9.70. The van der Waals surface area contributed by atoms with E-state index in [0.717, 1.165) is 70.6 Å². The highest BCUT2D eigenvalue weighted by atomic mass is 32.2. The van der Waals surface area contributed by atoms with Gasteiger partial charge in [-0.2, -0.15) is 0 Å². The van der Waals surface area contributed by atoms with Crippen molar-refractivity contribution >= 4 is 34.6 Å². The van der Waals surface area contributed by atoms with Gasteiger partial charge >= 0.3 is 0 Å². The Hall–Kier alpha value is -1.93. The third kappa shape index (κ3) is 9.15. The Morgan fingerprint density at radius 2 is 1.61 bits per heavy atom. The highest BCUT2D eigenvalue weighted by molar-refractivity contribution is 7.79. The second-order valence-corrected chi connectivity index (χ2v) is 15.7. The van der Waals surface area contributed by atoms with Gasteiger partial charge in [-0.1, -0.05) is 83.2 Å². The van der Waals surface area contributed by atoms with E-state index in [1.165, 1.54) is 0 Å².